The van der Waals surface area contributed by atoms with Gasteiger partial charge in [0.15, 0.2) is 0 Å². The number of rotatable bonds is 4. The molecule has 1 aliphatic rings. The minimum absolute atomic E-state index is 0.0798. The molecule has 1 aromatic rings. The van der Waals surface area contributed by atoms with E-state index in [-0.39, 0.29) is 10.2 Å². The van der Waals surface area contributed by atoms with E-state index in [2.05, 4.69) is 4.74 Å². The van der Waals surface area contributed by atoms with Crippen LogP contribution in [0.4, 0.5) is 13.2 Å². The summed E-state index contributed by atoms with van der Waals surface area (Å²) in [6, 6.07) is 5.13. The summed E-state index contributed by atoms with van der Waals surface area (Å²) in [5, 5.41) is 0. The van der Waals surface area contributed by atoms with Gasteiger partial charge in [-0.2, -0.15) is 0 Å². The molecule has 2 rings (SSSR count). The Morgan fingerprint density at radius 1 is 1.37 bits per heavy atom. The van der Waals surface area contributed by atoms with Crippen molar-refractivity contribution in [3.05, 3.63) is 29.8 Å². The summed E-state index contributed by atoms with van der Waals surface area (Å²) in [6.45, 7) is 1.57. The number of ether oxygens (including phenoxy) is 1. The number of likely N-dealkylation sites (tertiary alicyclic amines) is 1. The van der Waals surface area contributed by atoms with Crippen LogP contribution in [-0.4, -0.2) is 46.5 Å². The Balaban J connectivity index is 2.23. The van der Waals surface area contributed by atoms with E-state index in [9.17, 15) is 18.0 Å². The minimum atomic E-state index is -4.72. The van der Waals surface area contributed by atoms with Gasteiger partial charge in [-0.15, -0.1) is 0 Å². The second-order valence-corrected chi connectivity index (χ2v) is 4.52. The molecule has 98 valence electrons. The Morgan fingerprint density at radius 2 is 2.05 bits per heavy atom. The number of halogens is 3. The van der Waals surface area contributed by atoms with Gasteiger partial charge in [-0.1, -0.05) is 0 Å². The Labute approximate surface area is 117 Å². The van der Waals surface area contributed by atoms with Gasteiger partial charge in [0.25, 0.3) is 0 Å². The third-order valence-corrected chi connectivity index (χ3v) is 3.05. The summed E-state index contributed by atoms with van der Waals surface area (Å²) >= 11 is 1.44. The van der Waals surface area contributed by atoms with E-state index in [1.54, 1.807) is 6.07 Å². The van der Waals surface area contributed by atoms with Crippen LogP contribution >= 0.6 is 0 Å². The van der Waals surface area contributed by atoms with E-state index in [1.165, 1.54) is 35.9 Å². The molecule has 1 saturated heterocycles. The fourth-order valence-electron chi connectivity index (χ4n) is 2.18. The van der Waals surface area contributed by atoms with Crippen LogP contribution in [-0.2, 0) is 4.79 Å². The molecule has 1 aliphatic heterocycles. The van der Waals surface area contributed by atoms with Crippen molar-refractivity contribution in [2.24, 2.45) is 0 Å². The topological polar surface area (TPSA) is 29.5 Å². The Hall–Kier alpha value is -0.963. The predicted molar refractivity (Wildman–Crippen MR) is 62.8 cm³/mol. The molecule has 1 fully saturated rings. The van der Waals surface area contributed by atoms with Crippen LogP contribution in [0, 0.1) is 0 Å². The first-order valence-corrected chi connectivity index (χ1v) is 5.97. The molecule has 1 atom stereocenters. The molecule has 1 heterocycles. The first-order chi connectivity index (χ1) is 8.87. The van der Waals surface area contributed by atoms with Gasteiger partial charge >= 0.3 is 117 Å². The summed E-state index contributed by atoms with van der Waals surface area (Å²) in [5.74, 6) is -0.295. The molecular weight excluding hydrogens is 254 g/mol. The molecule has 3 nitrogen and oxygen atoms in total. The molecule has 0 amide bonds. The standard InChI is InChI=1S/C12H11F3NO2.Li/c13-12(14,15)18-10-4-1-3-9(7-10)11(8-17)16-5-2-6-16;/h1,3-4,7,11H,2,5-6H2;. The molecule has 7 heteroatoms. The number of carbonyl (C=O) groups excluding carboxylic acids is 1. The van der Waals surface area contributed by atoms with Crippen LogP contribution in [0.25, 0.3) is 0 Å². The maximum absolute atomic E-state index is 12.2. The third-order valence-electron chi connectivity index (χ3n) is 3.05. The first kappa shape index (κ1) is 14.4. The summed E-state index contributed by atoms with van der Waals surface area (Å²) in [5.41, 5.74) is 0.536. The molecule has 0 spiro atoms. The average molecular weight is 265 g/mol. The van der Waals surface area contributed by atoms with Gasteiger partial charge in [0.1, 0.15) is 0 Å². The molecule has 0 saturated carbocycles. The number of carbonyl (C=O) groups is 1. The van der Waals surface area contributed by atoms with Crippen LogP contribution < -0.4 is 4.74 Å². The number of alkyl halides is 3. The molecular formula is C12H11F3LiNO2. The monoisotopic (exact) mass is 265 g/mol. The molecule has 0 aliphatic carbocycles. The summed E-state index contributed by atoms with van der Waals surface area (Å²) in [4.78, 5) is 13.6. The Morgan fingerprint density at radius 3 is 2.53 bits per heavy atom. The van der Waals surface area contributed by atoms with Crippen LogP contribution in [0.1, 0.15) is 18.0 Å². The van der Waals surface area contributed by atoms with E-state index in [0.717, 1.165) is 19.5 Å². The maximum atomic E-state index is 12.2. The second-order valence-electron chi connectivity index (χ2n) is 4.52. The third kappa shape index (κ3) is 3.75. The van der Waals surface area contributed by atoms with Crippen LogP contribution in [0.2, 0.25) is 0 Å². The van der Waals surface area contributed by atoms with Crippen molar-refractivity contribution in [2.45, 2.75) is 18.8 Å². The molecule has 0 radical (unpaired) electrons. The van der Waals surface area contributed by atoms with Crippen LogP contribution in [0.3, 0.4) is 0 Å². The van der Waals surface area contributed by atoms with E-state index in [0.29, 0.717) is 5.56 Å². The van der Waals surface area contributed by atoms with Crippen molar-refractivity contribution in [1.82, 2.24) is 4.90 Å². The normalized spacial score (nSPS) is 17.7. The molecule has 0 N–H and O–H groups in total. The van der Waals surface area contributed by atoms with Gasteiger partial charge in [0, 0.05) is 0 Å². The Kier molecular flexibility index (Phi) is 4.24. The van der Waals surface area contributed by atoms with Crippen molar-refractivity contribution < 1.29 is 22.7 Å². The number of benzene rings is 1. The quantitative estimate of drug-likeness (QED) is 0.780. The first-order valence-electron chi connectivity index (χ1n) is 5.97. The zero-order chi connectivity index (χ0) is 14.0. The van der Waals surface area contributed by atoms with Crippen molar-refractivity contribution in [3.8, 4) is 5.75 Å². The summed E-state index contributed by atoms with van der Waals surface area (Å²) < 4.78 is 40.3. The zero-order valence-corrected chi connectivity index (χ0v) is 10.4. The van der Waals surface area contributed by atoms with Crippen molar-refractivity contribution in [1.29, 1.82) is 0 Å². The molecule has 1 unspecified atom stereocenters. The summed E-state index contributed by atoms with van der Waals surface area (Å²) in [6.07, 6.45) is -3.72. The number of hydrogen-bond acceptors (Lipinski definition) is 3. The van der Waals surface area contributed by atoms with Gasteiger partial charge in [-0.25, -0.2) is 0 Å². The summed E-state index contributed by atoms with van der Waals surface area (Å²) in [7, 11) is 0. The second kappa shape index (κ2) is 5.57. The molecule has 0 aromatic heterocycles. The fraction of sp³-hybridized carbons (Fsp3) is 0.417. The average Bonchev–Trinajstić information content (AvgIpc) is 2.20. The van der Waals surface area contributed by atoms with Crippen molar-refractivity contribution >= 4 is 22.2 Å². The van der Waals surface area contributed by atoms with Gasteiger partial charge < -0.3 is 0 Å². The van der Waals surface area contributed by atoms with E-state index < -0.39 is 12.4 Å². The van der Waals surface area contributed by atoms with Gasteiger partial charge in [0.2, 0.25) is 0 Å². The fourth-order valence-corrected chi connectivity index (χ4v) is 2.18. The van der Waals surface area contributed by atoms with Crippen molar-refractivity contribution in [3.63, 3.8) is 0 Å². The van der Waals surface area contributed by atoms with Crippen LogP contribution in [0.5, 0.6) is 5.75 Å². The SMILES string of the molecule is [Li][C](=O)C(c1cccc(OC(F)(F)F)c1)N1CCC1. The zero-order valence-electron chi connectivity index (χ0n) is 10.4. The van der Waals surface area contributed by atoms with Gasteiger partial charge in [0.05, 0.1) is 0 Å². The molecule has 1 aromatic carbocycles. The van der Waals surface area contributed by atoms with Crippen LogP contribution in [0.15, 0.2) is 24.3 Å². The van der Waals surface area contributed by atoms with Gasteiger partial charge in [-0.3, -0.25) is 0 Å². The van der Waals surface area contributed by atoms with Crippen molar-refractivity contribution in [2.75, 3.05) is 13.1 Å². The van der Waals surface area contributed by atoms with E-state index >= 15 is 0 Å². The molecule has 0 bridgehead atoms. The van der Waals surface area contributed by atoms with E-state index in [4.69, 9.17) is 0 Å². The van der Waals surface area contributed by atoms with E-state index in [1.807, 2.05) is 4.90 Å². The number of nitrogens with zero attached hydrogens (tertiary/aromatic N) is 1. The number of hydrogen-bond donors (Lipinski definition) is 0. The van der Waals surface area contributed by atoms with Gasteiger partial charge in [-0.05, 0) is 0 Å². The predicted octanol–water partition coefficient (Wildman–Crippen LogP) is 2.03. The molecule has 19 heavy (non-hydrogen) atoms. The Bertz CT molecular complexity index is 474.